The van der Waals surface area contributed by atoms with Gasteiger partial charge in [0.15, 0.2) is 0 Å². The average molecular weight is 329 g/mol. The highest BCUT2D eigenvalue weighted by Gasteiger charge is 2.17. The minimum atomic E-state index is -3.80. The molecule has 7 heteroatoms. The van der Waals surface area contributed by atoms with Crippen LogP contribution in [0.4, 0.5) is 15.8 Å². The molecule has 0 fully saturated rings. The van der Waals surface area contributed by atoms with Crippen LogP contribution in [0.25, 0.3) is 0 Å². The van der Waals surface area contributed by atoms with Gasteiger partial charge >= 0.3 is 0 Å². The maximum Gasteiger partial charge on any atom is 0.261 e. The van der Waals surface area contributed by atoms with Crippen molar-refractivity contribution in [1.82, 2.24) is 0 Å². The highest BCUT2D eigenvalue weighted by Crippen LogP contribution is 2.29. The first kappa shape index (κ1) is 15.6. The number of nitrogens with zero attached hydrogens (tertiary/aromatic N) is 1. The van der Waals surface area contributed by atoms with Crippen LogP contribution in [-0.4, -0.2) is 22.5 Å². The van der Waals surface area contributed by atoms with Gasteiger partial charge in [-0.15, -0.1) is 0 Å². The number of sulfonamides is 1. The number of hydrogen-bond donors (Lipinski definition) is 1. The van der Waals surface area contributed by atoms with E-state index in [0.717, 1.165) is 12.1 Å². The summed E-state index contributed by atoms with van der Waals surface area (Å²) < 4.78 is 40.0. The molecule has 4 nitrogen and oxygen atoms in total. The first-order chi connectivity index (χ1) is 9.79. The molecular weight excluding hydrogens is 315 g/mol. The number of nitrogens with one attached hydrogen (secondary N) is 1. The fraction of sp³-hybridized carbons (Fsp3) is 0.143. The lowest BCUT2D eigenvalue weighted by Crippen LogP contribution is -2.17. The van der Waals surface area contributed by atoms with Gasteiger partial charge in [0.1, 0.15) is 5.82 Å². The topological polar surface area (TPSA) is 49.4 Å². The van der Waals surface area contributed by atoms with E-state index in [1.54, 1.807) is 31.1 Å². The Hall–Kier alpha value is -1.79. The average Bonchev–Trinajstić information content (AvgIpc) is 2.38. The largest absolute Gasteiger partial charge is 0.376 e. The van der Waals surface area contributed by atoms with E-state index in [9.17, 15) is 12.8 Å². The van der Waals surface area contributed by atoms with Crippen molar-refractivity contribution < 1.29 is 12.8 Å². The van der Waals surface area contributed by atoms with Gasteiger partial charge in [0.05, 0.1) is 16.3 Å². The van der Waals surface area contributed by atoms with Crippen LogP contribution >= 0.6 is 11.6 Å². The Morgan fingerprint density at radius 1 is 1.10 bits per heavy atom. The zero-order valence-electron chi connectivity index (χ0n) is 11.5. The monoisotopic (exact) mass is 328 g/mol. The van der Waals surface area contributed by atoms with Crippen molar-refractivity contribution in [3.05, 3.63) is 53.3 Å². The maximum absolute atomic E-state index is 12.9. The van der Waals surface area contributed by atoms with Crippen LogP contribution in [0.1, 0.15) is 0 Å². The second kappa shape index (κ2) is 5.91. The summed E-state index contributed by atoms with van der Waals surface area (Å²) in [6.45, 7) is 0. The van der Waals surface area contributed by atoms with Gasteiger partial charge < -0.3 is 4.90 Å². The summed E-state index contributed by atoms with van der Waals surface area (Å²) in [6.07, 6.45) is 0. The van der Waals surface area contributed by atoms with Crippen LogP contribution in [0.2, 0.25) is 5.02 Å². The summed E-state index contributed by atoms with van der Waals surface area (Å²) in [6, 6.07) is 9.52. The zero-order chi connectivity index (χ0) is 15.6. The number of rotatable bonds is 4. The number of anilines is 2. The predicted octanol–water partition coefficient (Wildman–Crippen LogP) is 3.35. The molecule has 0 aliphatic heterocycles. The summed E-state index contributed by atoms with van der Waals surface area (Å²) in [5.41, 5.74) is 1.03. The normalized spacial score (nSPS) is 11.2. The molecule has 2 aromatic carbocycles. The van der Waals surface area contributed by atoms with Gasteiger partial charge in [-0.3, -0.25) is 4.72 Å². The van der Waals surface area contributed by atoms with Crippen LogP contribution in [0.15, 0.2) is 47.4 Å². The third kappa shape index (κ3) is 3.65. The maximum atomic E-state index is 12.9. The van der Waals surface area contributed by atoms with E-state index in [4.69, 9.17) is 11.6 Å². The minimum absolute atomic E-state index is 0.0198. The molecule has 2 aromatic rings. The number of benzene rings is 2. The van der Waals surface area contributed by atoms with Crippen LogP contribution in [0.5, 0.6) is 0 Å². The van der Waals surface area contributed by atoms with Gasteiger partial charge in [-0.25, -0.2) is 12.8 Å². The first-order valence-corrected chi connectivity index (χ1v) is 7.91. The van der Waals surface area contributed by atoms with Gasteiger partial charge in [-0.1, -0.05) is 11.6 Å². The van der Waals surface area contributed by atoms with E-state index in [-0.39, 0.29) is 4.90 Å². The molecule has 0 saturated heterocycles. The molecule has 0 saturated carbocycles. The van der Waals surface area contributed by atoms with Crippen molar-refractivity contribution >= 4 is 33.0 Å². The SMILES string of the molecule is CN(C)c1ccc(Cl)cc1NS(=O)(=O)c1ccc(F)cc1. The van der Waals surface area contributed by atoms with Gasteiger partial charge in [-0.2, -0.15) is 0 Å². The van der Waals surface area contributed by atoms with Gasteiger partial charge in [-0.05, 0) is 42.5 Å². The minimum Gasteiger partial charge on any atom is -0.376 e. The van der Waals surface area contributed by atoms with Crippen LogP contribution < -0.4 is 9.62 Å². The predicted molar refractivity (Wildman–Crippen MR) is 83.0 cm³/mol. The molecule has 0 heterocycles. The molecule has 0 bridgehead atoms. The molecule has 0 atom stereocenters. The van der Waals surface area contributed by atoms with Crippen molar-refractivity contribution in [3.63, 3.8) is 0 Å². The highest BCUT2D eigenvalue weighted by atomic mass is 35.5. The molecule has 1 N–H and O–H groups in total. The van der Waals surface area contributed by atoms with E-state index in [0.29, 0.717) is 16.4 Å². The zero-order valence-corrected chi connectivity index (χ0v) is 13.0. The molecule has 0 aliphatic rings. The lowest BCUT2D eigenvalue weighted by atomic mass is 10.2. The molecule has 0 aromatic heterocycles. The summed E-state index contributed by atoms with van der Waals surface area (Å²) in [5.74, 6) is -0.495. The molecule has 0 aliphatic carbocycles. The van der Waals surface area contributed by atoms with Crippen molar-refractivity contribution in [3.8, 4) is 0 Å². The fourth-order valence-corrected chi connectivity index (χ4v) is 3.03. The van der Waals surface area contributed by atoms with Gasteiger partial charge in [0, 0.05) is 19.1 Å². The van der Waals surface area contributed by atoms with E-state index in [1.165, 1.54) is 18.2 Å². The lowest BCUT2D eigenvalue weighted by molar-refractivity contribution is 0.599. The molecule has 21 heavy (non-hydrogen) atoms. The quantitative estimate of drug-likeness (QED) is 0.936. The Balaban J connectivity index is 2.41. The Morgan fingerprint density at radius 2 is 1.71 bits per heavy atom. The van der Waals surface area contributed by atoms with Crippen molar-refractivity contribution in [2.75, 3.05) is 23.7 Å². The standard InChI is InChI=1S/C14H14ClFN2O2S/c1-18(2)14-8-3-10(15)9-13(14)17-21(19,20)12-6-4-11(16)5-7-12/h3-9,17H,1-2H3. The van der Waals surface area contributed by atoms with Gasteiger partial charge in [0.25, 0.3) is 10.0 Å². The molecule has 0 radical (unpaired) electrons. The summed E-state index contributed by atoms with van der Waals surface area (Å²) in [4.78, 5) is 1.74. The summed E-state index contributed by atoms with van der Waals surface area (Å²) in [7, 11) is -0.224. The molecule has 0 amide bonds. The van der Waals surface area contributed by atoms with Crippen molar-refractivity contribution in [2.45, 2.75) is 4.90 Å². The second-order valence-electron chi connectivity index (χ2n) is 4.62. The second-order valence-corrected chi connectivity index (χ2v) is 6.73. The Morgan fingerprint density at radius 3 is 2.29 bits per heavy atom. The first-order valence-electron chi connectivity index (χ1n) is 6.05. The van der Waals surface area contributed by atoms with E-state index in [1.807, 2.05) is 0 Å². The van der Waals surface area contributed by atoms with Crippen LogP contribution in [-0.2, 0) is 10.0 Å². The Kier molecular flexibility index (Phi) is 4.39. The van der Waals surface area contributed by atoms with Gasteiger partial charge in [0.2, 0.25) is 0 Å². The molecular formula is C14H14ClFN2O2S. The van der Waals surface area contributed by atoms with Crippen molar-refractivity contribution in [1.29, 1.82) is 0 Å². The Bertz CT molecular complexity index is 746. The third-order valence-electron chi connectivity index (χ3n) is 2.81. The lowest BCUT2D eigenvalue weighted by Gasteiger charge is -2.18. The highest BCUT2D eigenvalue weighted by molar-refractivity contribution is 7.92. The number of hydrogen-bond acceptors (Lipinski definition) is 3. The summed E-state index contributed by atoms with van der Waals surface area (Å²) >= 11 is 5.91. The molecule has 0 spiro atoms. The summed E-state index contributed by atoms with van der Waals surface area (Å²) in [5, 5.41) is 0.414. The fourth-order valence-electron chi connectivity index (χ4n) is 1.80. The van der Waals surface area contributed by atoms with E-state index in [2.05, 4.69) is 4.72 Å². The third-order valence-corrected chi connectivity index (χ3v) is 4.43. The van der Waals surface area contributed by atoms with Crippen molar-refractivity contribution in [2.24, 2.45) is 0 Å². The smallest absolute Gasteiger partial charge is 0.261 e. The van der Waals surface area contributed by atoms with E-state index >= 15 is 0 Å². The Labute approximate surface area is 128 Å². The number of halogens is 2. The molecule has 0 unspecified atom stereocenters. The van der Waals surface area contributed by atoms with E-state index < -0.39 is 15.8 Å². The molecule has 2 rings (SSSR count). The molecule has 112 valence electrons. The van der Waals surface area contributed by atoms with Crippen LogP contribution in [0.3, 0.4) is 0 Å². The van der Waals surface area contributed by atoms with Crippen LogP contribution in [0, 0.1) is 5.82 Å².